The molecule has 5 nitrogen and oxygen atoms in total. The van der Waals surface area contributed by atoms with Crippen LogP contribution in [-0.2, 0) is 26.1 Å². The number of hydrogen-bond acceptors (Lipinski definition) is 5. The van der Waals surface area contributed by atoms with Crippen LogP contribution in [0, 0.1) is 5.82 Å². The minimum absolute atomic E-state index is 0.0191. The highest BCUT2D eigenvalue weighted by molar-refractivity contribution is 8.00. The van der Waals surface area contributed by atoms with Gasteiger partial charge in [0.05, 0.1) is 12.4 Å². The fourth-order valence-corrected chi connectivity index (χ4v) is 5.40. The summed E-state index contributed by atoms with van der Waals surface area (Å²) in [5.41, 5.74) is 0.631. The van der Waals surface area contributed by atoms with Crippen LogP contribution in [0.5, 0.6) is 0 Å². The molecular formula is C14H18FNO4S2. The topological polar surface area (TPSA) is 63.7 Å². The molecule has 1 unspecified atom stereocenters. The number of thioether (sulfide) groups is 1. The van der Waals surface area contributed by atoms with E-state index in [1.54, 1.807) is 6.92 Å². The van der Waals surface area contributed by atoms with Crippen molar-refractivity contribution in [1.82, 2.24) is 4.31 Å². The summed E-state index contributed by atoms with van der Waals surface area (Å²) in [4.78, 5) is 12.1. The van der Waals surface area contributed by atoms with Gasteiger partial charge in [0.1, 0.15) is 11.9 Å². The SMILES string of the molecule is CCOC(=O)C1CSCCS(=O)(=O)N1Cc1ccc(F)cc1. The Bertz CT molecular complexity index is 618. The normalized spacial score (nSPS) is 22.0. The summed E-state index contributed by atoms with van der Waals surface area (Å²) in [7, 11) is -3.56. The van der Waals surface area contributed by atoms with E-state index in [0.29, 0.717) is 17.1 Å². The van der Waals surface area contributed by atoms with Gasteiger partial charge in [0.15, 0.2) is 0 Å². The number of hydrogen-bond donors (Lipinski definition) is 0. The largest absolute Gasteiger partial charge is 0.465 e. The zero-order valence-corrected chi connectivity index (χ0v) is 13.8. The van der Waals surface area contributed by atoms with Crippen LogP contribution >= 0.6 is 11.8 Å². The molecule has 0 radical (unpaired) electrons. The zero-order valence-electron chi connectivity index (χ0n) is 12.2. The van der Waals surface area contributed by atoms with Crippen LogP contribution in [-0.4, -0.2) is 48.6 Å². The van der Waals surface area contributed by atoms with Crippen molar-refractivity contribution in [3.63, 3.8) is 0 Å². The second-order valence-corrected chi connectivity index (χ2v) is 8.02. The Labute approximate surface area is 133 Å². The standard InChI is InChI=1S/C14H18FNO4S2/c1-2-20-14(17)13-10-21-7-8-22(18,19)16(13)9-11-3-5-12(15)6-4-11/h3-6,13H,2,7-10H2,1H3. The molecule has 1 heterocycles. The van der Waals surface area contributed by atoms with E-state index in [4.69, 9.17) is 4.74 Å². The number of carbonyl (C=O) groups excluding carboxylic acids is 1. The maximum atomic E-state index is 13.0. The highest BCUT2D eigenvalue weighted by Gasteiger charge is 2.37. The summed E-state index contributed by atoms with van der Waals surface area (Å²) in [5.74, 6) is -0.144. The molecule has 0 aliphatic carbocycles. The summed E-state index contributed by atoms with van der Waals surface area (Å²) < 4.78 is 44.0. The molecule has 1 fully saturated rings. The molecule has 0 bridgehead atoms. The van der Waals surface area contributed by atoms with Gasteiger partial charge in [-0.25, -0.2) is 12.8 Å². The van der Waals surface area contributed by atoms with Gasteiger partial charge in [0, 0.05) is 18.1 Å². The maximum Gasteiger partial charge on any atom is 0.325 e. The Kier molecular flexibility index (Phi) is 5.82. The van der Waals surface area contributed by atoms with E-state index >= 15 is 0 Å². The van der Waals surface area contributed by atoms with E-state index in [2.05, 4.69) is 0 Å². The van der Waals surface area contributed by atoms with Crippen molar-refractivity contribution in [2.45, 2.75) is 19.5 Å². The van der Waals surface area contributed by atoms with Gasteiger partial charge in [0.2, 0.25) is 10.0 Å². The maximum absolute atomic E-state index is 13.0. The summed E-state index contributed by atoms with van der Waals surface area (Å²) >= 11 is 1.42. The molecule has 1 aromatic rings. The molecule has 0 saturated carbocycles. The van der Waals surface area contributed by atoms with Gasteiger partial charge in [-0.15, -0.1) is 0 Å². The van der Waals surface area contributed by atoms with Crippen molar-refractivity contribution < 1.29 is 22.3 Å². The van der Waals surface area contributed by atoms with E-state index in [0.717, 1.165) is 0 Å². The van der Waals surface area contributed by atoms with Crippen molar-refractivity contribution in [3.8, 4) is 0 Å². The van der Waals surface area contributed by atoms with Crippen LogP contribution < -0.4 is 0 Å². The lowest BCUT2D eigenvalue weighted by Gasteiger charge is -2.26. The lowest BCUT2D eigenvalue weighted by atomic mass is 10.2. The lowest BCUT2D eigenvalue weighted by molar-refractivity contribution is -0.147. The zero-order chi connectivity index (χ0) is 16.2. The van der Waals surface area contributed by atoms with Crippen molar-refractivity contribution in [1.29, 1.82) is 0 Å². The predicted molar refractivity (Wildman–Crippen MR) is 83.5 cm³/mol. The smallest absolute Gasteiger partial charge is 0.325 e. The van der Waals surface area contributed by atoms with Gasteiger partial charge in [-0.2, -0.15) is 16.1 Å². The van der Waals surface area contributed by atoms with Crippen LogP contribution in [0.1, 0.15) is 12.5 Å². The van der Waals surface area contributed by atoms with E-state index in [1.807, 2.05) is 0 Å². The fraction of sp³-hybridized carbons (Fsp3) is 0.500. The average Bonchev–Trinajstić information content (AvgIpc) is 2.61. The third kappa shape index (κ3) is 4.21. The number of esters is 1. The molecule has 122 valence electrons. The first-order chi connectivity index (χ1) is 10.4. The Morgan fingerprint density at radius 1 is 1.41 bits per heavy atom. The van der Waals surface area contributed by atoms with Crippen molar-refractivity contribution in [2.24, 2.45) is 0 Å². The number of nitrogens with zero attached hydrogens (tertiary/aromatic N) is 1. The molecule has 1 atom stereocenters. The monoisotopic (exact) mass is 347 g/mol. The molecule has 0 aromatic heterocycles. The van der Waals surface area contributed by atoms with Crippen LogP contribution in [0.25, 0.3) is 0 Å². The van der Waals surface area contributed by atoms with E-state index in [1.165, 1.54) is 40.3 Å². The molecule has 8 heteroatoms. The Morgan fingerprint density at radius 3 is 2.73 bits per heavy atom. The first-order valence-corrected chi connectivity index (χ1v) is 9.69. The summed E-state index contributed by atoms with van der Waals surface area (Å²) in [6, 6.07) is 4.74. The number of carbonyl (C=O) groups is 1. The molecule has 1 aromatic carbocycles. The van der Waals surface area contributed by atoms with Gasteiger partial charge < -0.3 is 4.74 Å². The molecule has 22 heavy (non-hydrogen) atoms. The Hall–Kier alpha value is -1.12. The molecular weight excluding hydrogens is 329 g/mol. The molecule has 0 spiro atoms. The lowest BCUT2D eigenvalue weighted by Crippen LogP contribution is -2.46. The van der Waals surface area contributed by atoms with E-state index in [-0.39, 0.29) is 24.7 Å². The average molecular weight is 347 g/mol. The predicted octanol–water partition coefficient (Wildman–Crippen LogP) is 1.64. The molecule has 1 aliphatic rings. The second-order valence-electron chi connectivity index (χ2n) is 4.83. The van der Waals surface area contributed by atoms with E-state index < -0.39 is 22.0 Å². The van der Waals surface area contributed by atoms with Crippen molar-refractivity contribution in [3.05, 3.63) is 35.6 Å². The van der Waals surface area contributed by atoms with Gasteiger partial charge in [-0.05, 0) is 24.6 Å². The summed E-state index contributed by atoms with van der Waals surface area (Å²) in [6.07, 6.45) is 0. The van der Waals surface area contributed by atoms with Crippen LogP contribution in [0.15, 0.2) is 24.3 Å². The summed E-state index contributed by atoms with van der Waals surface area (Å²) in [5, 5.41) is 0. The second kappa shape index (κ2) is 7.43. The molecule has 2 rings (SSSR count). The first kappa shape index (κ1) is 17.2. The molecule has 1 saturated heterocycles. The van der Waals surface area contributed by atoms with Crippen molar-refractivity contribution >= 4 is 27.8 Å². The molecule has 1 aliphatic heterocycles. The number of benzene rings is 1. The van der Waals surface area contributed by atoms with Gasteiger partial charge in [0.25, 0.3) is 0 Å². The molecule has 0 amide bonds. The summed E-state index contributed by atoms with van der Waals surface area (Å²) in [6.45, 7) is 1.91. The van der Waals surface area contributed by atoms with Gasteiger partial charge >= 0.3 is 5.97 Å². The van der Waals surface area contributed by atoms with Gasteiger partial charge in [-0.1, -0.05) is 12.1 Å². The number of halogens is 1. The van der Waals surface area contributed by atoms with Crippen molar-refractivity contribution in [2.75, 3.05) is 23.9 Å². The fourth-order valence-electron chi connectivity index (χ4n) is 2.16. The van der Waals surface area contributed by atoms with Gasteiger partial charge in [-0.3, -0.25) is 4.79 Å². The van der Waals surface area contributed by atoms with E-state index in [9.17, 15) is 17.6 Å². The first-order valence-electron chi connectivity index (χ1n) is 6.92. The van der Waals surface area contributed by atoms with Crippen LogP contribution in [0.3, 0.4) is 0 Å². The minimum Gasteiger partial charge on any atom is -0.465 e. The highest BCUT2D eigenvalue weighted by Crippen LogP contribution is 2.23. The number of ether oxygens (including phenoxy) is 1. The Morgan fingerprint density at radius 2 is 2.09 bits per heavy atom. The van der Waals surface area contributed by atoms with Crippen LogP contribution in [0.4, 0.5) is 4.39 Å². The number of rotatable bonds is 4. The Balaban J connectivity index is 2.29. The third-order valence-corrected chi connectivity index (χ3v) is 6.40. The minimum atomic E-state index is -3.56. The molecule has 0 N–H and O–H groups in total. The number of sulfonamides is 1. The quantitative estimate of drug-likeness (QED) is 0.775. The third-order valence-electron chi connectivity index (χ3n) is 3.28. The van der Waals surface area contributed by atoms with Crippen LogP contribution in [0.2, 0.25) is 0 Å². The highest BCUT2D eigenvalue weighted by atomic mass is 32.2.